The SMILES string of the molecule is CC1(C)OC(C2CC=CCC2)Oc2c1[nH]c1c(Cl)cc(Cl)cc21. The standard InChI is InChI=1S/C18H19Cl2NO2/c1-18(2)16-15(12-8-11(19)9-13(20)14(12)21-16)22-17(23-18)10-6-4-3-5-7-10/h3-4,8-10,17,21H,5-7H2,1-2H3. The van der Waals surface area contributed by atoms with Crippen LogP contribution < -0.4 is 4.74 Å². The first-order chi connectivity index (χ1) is 11.0. The number of benzene rings is 1. The quantitative estimate of drug-likeness (QED) is 0.658. The fourth-order valence-corrected chi connectivity index (χ4v) is 4.03. The molecule has 2 heterocycles. The highest BCUT2D eigenvalue weighted by Crippen LogP contribution is 2.47. The highest BCUT2D eigenvalue weighted by molar-refractivity contribution is 6.38. The predicted molar refractivity (Wildman–Crippen MR) is 93.3 cm³/mol. The first kappa shape index (κ1) is 15.4. The van der Waals surface area contributed by atoms with Crippen molar-refractivity contribution in [2.24, 2.45) is 5.92 Å². The Bertz CT molecular complexity index is 794. The Morgan fingerprint density at radius 2 is 2.04 bits per heavy atom. The van der Waals surface area contributed by atoms with Crippen molar-refractivity contribution in [2.75, 3.05) is 0 Å². The molecule has 2 aliphatic rings. The Labute approximate surface area is 145 Å². The van der Waals surface area contributed by atoms with Crippen LogP contribution in [-0.4, -0.2) is 11.3 Å². The molecule has 1 aliphatic heterocycles. The normalized spacial score (nSPS) is 26.1. The summed E-state index contributed by atoms with van der Waals surface area (Å²) in [5.74, 6) is 1.19. The topological polar surface area (TPSA) is 34.2 Å². The Kier molecular flexibility index (Phi) is 3.63. The third-order valence-electron chi connectivity index (χ3n) is 4.72. The fourth-order valence-electron chi connectivity index (χ4n) is 3.49. The Hall–Kier alpha value is -1.16. The highest BCUT2D eigenvalue weighted by atomic mass is 35.5. The number of nitrogens with one attached hydrogen (secondary N) is 1. The number of H-pyrrole nitrogens is 1. The second kappa shape index (κ2) is 5.44. The summed E-state index contributed by atoms with van der Waals surface area (Å²) in [4.78, 5) is 3.37. The van der Waals surface area contributed by atoms with Crippen molar-refractivity contribution >= 4 is 34.1 Å². The van der Waals surface area contributed by atoms with Crippen LogP contribution in [0.25, 0.3) is 10.9 Å². The van der Waals surface area contributed by atoms with E-state index >= 15 is 0 Å². The van der Waals surface area contributed by atoms with Crippen LogP contribution in [0.2, 0.25) is 10.0 Å². The number of fused-ring (bicyclic) bond motifs is 3. The molecule has 122 valence electrons. The fraction of sp³-hybridized carbons (Fsp3) is 0.444. The third kappa shape index (κ3) is 2.55. The van der Waals surface area contributed by atoms with E-state index in [4.69, 9.17) is 32.7 Å². The molecule has 0 amide bonds. The number of aromatic nitrogens is 1. The second-order valence-electron chi connectivity index (χ2n) is 6.80. The zero-order valence-corrected chi connectivity index (χ0v) is 14.7. The van der Waals surface area contributed by atoms with Gasteiger partial charge in [0.2, 0.25) is 6.29 Å². The summed E-state index contributed by atoms with van der Waals surface area (Å²) >= 11 is 12.5. The van der Waals surface area contributed by atoms with Crippen LogP contribution >= 0.6 is 23.2 Å². The van der Waals surface area contributed by atoms with Crippen LogP contribution in [0.1, 0.15) is 38.8 Å². The van der Waals surface area contributed by atoms with E-state index in [0.717, 1.165) is 41.6 Å². The maximum Gasteiger partial charge on any atom is 0.204 e. The number of hydrogen-bond acceptors (Lipinski definition) is 2. The number of ether oxygens (including phenoxy) is 2. The minimum Gasteiger partial charge on any atom is -0.462 e. The first-order valence-corrected chi connectivity index (χ1v) is 8.72. The molecule has 1 aliphatic carbocycles. The van der Waals surface area contributed by atoms with Crippen LogP contribution in [0.4, 0.5) is 0 Å². The molecular weight excluding hydrogens is 333 g/mol. The molecule has 23 heavy (non-hydrogen) atoms. The minimum absolute atomic E-state index is 0.251. The van der Waals surface area contributed by atoms with E-state index in [0.29, 0.717) is 16.0 Å². The van der Waals surface area contributed by atoms with Gasteiger partial charge in [0, 0.05) is 16.3 Å². The summed E-state index contributed by atoms with van der Waals surface area (Å²) in [6.45, 7) is 4.12. The molecule has 0 fully saturated rings. The van der Waals surface area contributed by atoms with Gasteiger partial charge in [0.25, 0.3) is 0 Å². The maximum absolute atomic E-state index is 6.34. The number of allylic oxidation sites excluding steroid dienone is 2. The largest absolute Gasteiger partial charge is 0.462 e. The van der Waals surface area contributed by atoms with Gasteiger partial charge in [-0.2, -0.15) is 0 Å². The van der Waals surface area contributed by atoms with Crippen molar-refractivity contribution in [1.29, 1.82) is 0 Å². The molecule has 2 unspecified atom stereocenters. The number of rotatable bonds is 1. The predicted octanol–water partition coefficient (Wildman–Crippen LogP) is 5.80. The molecule has 4 rings (SSSR count). The molecule has 5 heteroatoms. The van der Waals surface area contributed by atoms with Gasteiger partial charge in [-0.3, -0.25) is 0 Å². The Balaban J connectivity index is 1.82. The smallest absolute Gasteiger partial charge is 0.204 e. The number of aromatic amines is 1. The van der Waals surface area contributed by atoms with Crippen molar-refractivity contribution in [1.82, 2.24) is 4.98 Å². The van der Waals surface area contributed by atoms with Gasteiger partial charge in [-0.05, 0) is 45.2 Å². The van der Waals surface area contributed by atoms with Gasteiger partial charge in [0.1, 0.15) is 5.60 Å². The molecule has 0 radical (unpaired) electrons. The van der Waals surface area contributed by atoms with Crippen LogP contribution in [0.5, 0.6) is 5.75 Å². The average molecular weight is 352 g/mol. The monoisotopic (exact) mass is 351 g/mol. The molecule has 0 saturated carbocycles. The van der Waals surface area contributed by atoms with E-state index in [-0.39, 0.29) is 6.29 Å². The zero-order valence-electron chi connectivity index (χ0n) is 13.2. The molecule has 1 N–H and O–H groups in total. The van der Waals surface area contributed by atoms with Gasteiger partial charge in [0.15, 0.2) is 5.75 Å². The summed E-state index contributed by atoms with van der Waals surface area (Å²) in [6, 6.07) is 3.64. The van der Waals surface area contributed by atoms with Gasteiger partial charge in [0.05, 0.1) is 16.2 Å². The van der Waals surface area contributed by atoms with Crippen molar-refractivity contribution < 1.29 is 9.47 Å². The summed E-state index contributed by atoms with van der Waals surface area (Å²) in [6.07, 6.45) is 7.33. The molecule has 2 aromatic rings. The zero-order chi connectivity index (χ0) is 16.2. The van der Waals surface area contributed by atoms with Gasteiger partial charge in [-0.15, -0.1) is 0 Å². The summed E-state index contributed by atoms with van der Waals surface area (Å²) in [5, 5.41) is 2.12. The Morgan fingerprint density at radius 1 is 1.22 bits per heavy atom. The molecule has 3 nitrogen and oxygen atoms in total. The van der Waals surface area contributed by atoms with Crippen LogP contribution in [-0.2, 0) is 10.3 Å². The van der Waals surface area contributed by atoms with Gasteiger partial charge >= 0.3 is 0 Å². The minimum atomic E-state index is -0.464. The molecule has 1 aromatic heterocycles. The van der Waals surface area contributed by atoms with Crippen LogP contribution in [0, 0.1) is 5.92 Å². The number of halogens is 2. The Morgan fingerprint density at radius 3 is 2.78 bits per heavy atom. The lowest BCUT2D eigenvalue weighted by molar-refractivity contribution is -0.207. The summed E-state index contributed by atoms with van der Waals surface area (Å²) in [7, 11) is 0. The van der Waals surface area contributed by atoms with E-state index in [1.54, 1.807) is 6.07 Å². The van der Waals surface area contributed by atoms with Crippen molar-refractivity contribution in [3.8, 4) is 5.75 Å². The third-order valence-corrected chi connectivity index (χ3v) is 5.23. The second-order valence-corrected chi connectivity index (χ2v) is 7.64. The number of hydrogen-bond donors (Lipinski definition) is 1. The lowest BCUT2D eigenvalue weighted by Gasteiger charge is -2.39. The first-order valence-electron chi connectivity index (χ1n) is 7.96. The highest BCUT2D eigenvalue weighted by Gasteiger charge is 2.41. The lowest BCUT2D eigenvalue weighted by Crippen LogP contribution is -2.42. The van der Waals surface area contributed by atoms with E-state index in [1.807, 2.05) is 6.07 Å². The van der Waals surface area contributed by atoms with E-state index in [9.17, 15) is 0 Å². The molecule has 2 atom stereocenters. The van der Waals surface area contributed by atoms with Gasteiger partial charge in [-0.1, -0.05) is 35.4 Å². The lowest BCUT2D eigenvalue weighted by atomic mass is 9.92. The average Bonchev–Trinajstić information content (AvgIpc) is 2.88. The molecule has 1 aromatic carbocycles. The van der Waals surface area contributed by atoms with Crippen molar-refractivity contribution in [3.63, 3.8) is 0 Å². The van der Waals surface area contributed by atoms with Gasteiger partial charge in [-0.25, -0.2) is 0 Å². The molecule has 0 bridgehead atoms. The van der Waals surface area contributed by atoms with E-state index in [2.05, 4.69) is 31.0 Å². The summed E-state index contributed by atoms with van der Waals surface area (Å²) in [5.41, 5.74) is 1.30. The van der Waals surface area contributed by atoms with E-state index in [1.165, 1.54) is 0 Å². The maximum atomic E-state index is 6.34. The van der Waals surface area contributed by atoms with E-state index < -0.39 is 5.60 Å². The molecule has 0 saturated heterocycles. The van der Waals surface area contributed by atoms with Crippen LogP contribution in [0.15, 0.2) is 24.3 Å². The van der Waals surface area contributed by atoms with Crippen molar-refractivity contribution in [3.05, 3.63) is 40.0 Å². The summed E-state index contributed by atoms with van der Waals surface area (Å²) < 4.78 is 12.5. The van der Waals surface area contributed by atoms with Crippen molar-refractivity contribution in [2.45, 2.75) is 45.0 Å². The molecular formula is C18H19Cl2NO2. The molecule has 0 spiro atoms. The van der Waals surface area contributed by atoms with Gasteiger partial charge < -0.3 is 14.5 Å². The van der Waals surface area contributed by atoms with Crippen LogP contribution in [0.3, 0.4) is 0 Å².